The highest BCUT2D eigenvalue weighted by Crippen LogP contribution is 2.20. The zero-order valence-corrected chi connectivity index (χ0v) is 12.6. The molecule has 0 bridgehead atoms. The van der Waals surface area contributed by atoms with E-state index in [2.05, 4.69) is 43.0 Å². The summed E-state index contributed by atoms with van der Waals surface area (Å²) in [6.45, 7) is 9.26. The fraction of sp³-hybridized carbons (Fsp3) is 0.667. The van der Waals surface area contributed by atoms with Gasteiger partial charge in [-0.1, -0.05) is 6.92 Å². The van der Waals surface area contributed by atoms with Gasteiger partial charge < -0.3 is 15.0 Å². The Balaban J connectivity index is 2.36. The van der Waals surface area contributed by atoms with Gasteiger partial charge in [0, 0.05) is 18.8 Å². The van der Waals surface area contributed by atoms with Crippen molar-refractivity contribution >= 4 is 5.82 Å². The minimum Gasteiger partial charge on any atom is -0.490 e. The molecule has 1 aromatic heterocycles. The van der Waals surface area contributed by atoms with E-state index in [4.69, 9.17) is 4.74 Å². The molecule has 19 heavy (non-hydrogen) atoms. The molecule has 4 nitrogen and oxygen atoms in total. The quantitative estimate of drug-likeness (QED) is 0.696. The maximum atomic E-state index is 5.67. The fourth-order valence-electron chi connectivity index (χ4n) is 1.65. The van der Waals surface area contributed by atoms with Gasteiger partial charge in [0.2, 0.25) is 0 Å². The third-order valence-corrected chi connectivity index (χ3v) is 3.09. The first-order valence-electron chi connectivity index (χ1n) is 7.17. The first-order chi connectivity index (χ1) is 9.15. The van der Waals surface area contributed by atoms with E-state index in [1.165, 1.54) is 0 Å². The largest absolute Gasteiger partial charge is 0.490 e. The van der Waals surface area contributed by atoms with E-state index >= 15 is 0 Å². The Labute approximate surface area is 117 Å². The summed E-state index contributed by atoms with van der Waals surface area (Å²) in [4.78, 5) is 6.68. The van der Waals surface area contributed by atoms with Crippen LogP contribution in [0.3, 0.4) is 0 Å². The smallest absolute Gasteiger partial charge is 0.168 e. The molecule has 1 heterocycles. The highest BCUT2D eigenvalue weighted by atomic mass is 16.5. The van der Waals surface area contributed by atoms with E-state index in [1.54, 1.807) is 6.20 Å². The lowest BCUT2D eigenvalue weighted by atomic mass is 10.3. The molecule has 0 saturated heterocycles. The molecule has 0 saturated carbocycles. The van der Waals surface area contributed by atoms with Gasteiger partial charge >= 0.3 is 0 Å². The van der Waals surface area contributed by atoms with Crippen LogP contribution in [-0.4, -0.2) is 42.7 Å². The van der Waals surface area contributed by atoms with Crippen LogP contribution in [0, 0.1) is 0 Å². The minimum atomic E-state index is 0.596. The zero-order chi connectivity index (χ0) is 14.1. The lowest BCUT2D eigenvalue weighted by molar-refractivity contribution is 0.273. The first-order valence-corrected chi connectivity index (χ1v) is 7.17. The van der Waals surface area contributed by atoms with Crippen LogP contribution < -0.4 is 10.1 Å². The Kier molecular flexibility index (Phi) is 7.26. The summed E-state index contributed by atoms with van der Waals surface area (Å²) in [6.07, 6.45) is 3.90. The number of hydrogen-bond donors (Lipinski definition) is 1. The zero-order valence-electron chi connectivity index (χ0n) is 12.6. The molecule has 0 aliphatic carbocycles. The molecule has 108 valence electrons. The molecule has 0 fully saturated rings. The van der Waals surface area contributed by atoms with Crippen molar-refractivity contribution in [1.29, 1.82) is 0 Å². The summed E-state index contributed by atoms with van der Waals surface area (Å²) in [5, 5.41) is 3.35. The second-order valence-corrected chi connectivity index (χ2v) is 5.05. The van der Waals surface area contributed by atoms with Crippen molar-refractivity contribution in [3.05, 3.63) is 18.3 Å². The van der Waals surface area contributed by atoms with Crippen molar-refractivity contribution in [2.24, 2.45) is 0 Å². The summed E-state index contributed by atoms with van der Waals surface area (Å²) in [5.41, 5.74) is 0. The summed E-state index contributed by atoms with van der Waals surface area (Å²) in [5.74, 6) is 1.70. The Hall–Kier alpha value is -1.29. The maximum absolute atomic E-state index is 5.67. The van der Waals surface area contributed by atoms with Gasteiger partial charge in [-0.2, -0.15) is 0 Å². The number of aromatic nitrogens is 1. The summed E-state index contributed by atoms with van der Waals surface area (Å²) in [7, 11) is 2.15. The third kappa shape index (κ3) is 5.92. The molecule has 0 atom stereocenters. The Morgan fingerprint density at radius 1 is 1.42 bits per heavy atom. The standard InChI is InChI=1S/C15H27N3O/c1-5-12-19-14-8-6-9-16-15(14)17-10-7-11-18(4)13(2)3/h6,8-9,13H,5,7,10-12H2,1-4H3,(H,16,17). The lowest BCUT2D eigenvalue weighted by Gasteiger charge is -2.21. The van der Waals surface area contributed by atoms with Gasteiger partial charge in [-0.05, 0) is 52.4 Å². The molecular weight excluding hydrogens is 238 g/mol. The van der Waals surface area contributed by atoms with Crippen molar-refractivity contribution in [2.45, 2.75) is 39.7 Å². The van der Waals surface area contributed by atoms with E-state index < -0.39 is 0 Å². The fourth-order valence-corrected chi connectivity index (χ4v) is 1.65. The second-order valence-electron chi connectivity index (χ2n) is 5.05. The number of ether oxygens (including phenoxy) is 1. The molecule has 1 N–H and O–H groups in total. The van der Waals surface area contributed by atoms with E-state index in [0.717, 1.165) is 44.1 Å². The van der Waals surface area contributed by atoms with Crippen LogP contribution in [-0.2, 0) is 0 Å². The minimum absolute atomic E-state index is 0.596. The highest BCUT2D eigenvalue weighted by Gasteiger charge is 2.05. The number of nitrogens with one attached hydrogen (secondary N) is 1. The number of hydrogen-bond acceptors (Lipinski definition) is 4. The monoisotopic (exact) mass is 265 g/mol. The predicted molar refractivity (Wildman–Crippen MR) is 80.9 cm³/mol. The van der Waals surface area contributed by atoms with Crippen LogP contribution >= 0.6 is 0 Å². The van der Waals surface area contributed by atoms with Crippen molar-refractivity contribution in [2.75, 3.05) is 32.1 Å². The van der Waals surface area contributed by atoms with Crippen molar-refractivity contribution < 1.29 is 4.74 Å². The molecule has 4 heteroatoms. The molecule has 0 radical (unpaired) electrons. The third-order valence-electron chi connectivity index (χ3n) is 3.09. The Morgan fingerprint density at radius 3 is 2.89 bits per heavy atom. The van der Waals surface area contributed by atoms with Gasteiger partial charge in [0.15, 0.2) is 11.6 Å². The van der Waals surface area contributed by atoms with E-state index in [0.29, 0.717) is 6.04 Å². The molecule has 0 aromatic carbocycles. The SMILES string of the molecule is CCCOc1cccnc1NCCCN(C)C(C)C. The van der Waals surface area contributed by atoms with Gasteiger partial charge in [0.1, 0.15) is 0 Å². The van der Waals surface area contributed by atoms with Crippen molar-refractivity contribution in [3.63, 3.8) is 0 Å². The van der Waals surface area contributed by atoms with Crippen LogP contribution in [0.15, 0.2) is 18.3 Å². The topological polar surface area (TPSA) is 37.4 Å². The van der Waals surface area contributed by atoms with Crippen molar-refractivity contribution in [1.82, 2.24) is 9.88 Å². The van der Waals surface area contributed by atoms with E-state index in [9.17, 15) is 0 Å². The lowest BCUT2D eigenvalue weighted by Crippen LogP contribution is -2.28. The van der Waals surface area contributed by atoms with Gasteiger partial charge in [0.25, 0.3) is 0 Å². The summed E-state index contributed by atoms with van der Waals surface area (Å²) < 4.78 is 5.67. The van der Waals surface area contributed by atoms with Gasteiger partial charge in [-0.25, -0.2) is 4.98 Å². The van der Waals surface area contributed by atoms with E-state index in [-0.39, 0.29) is 0 Å². The molecule has 0 unspecified atom stereocenters. The average Bonchev–Trinajstić information content (AvgIpc) is 2.42. The van der Waals surface area contributed by atoms with E-state index in [1.807, 2.05) is 12.1 Å². The first kappa shape index (κ1) is 15.8. The predicted octanol–water partition coefficient (Wildman–Crippen LogP) is 3.01. The van der Waals surface area contributed by atoms with Crippen LogP contribution in [0.1, 0.15) is 33.6 Å². The second kappa shape index (κ2) is 8.75. The van der Waals surface area contributed by atoms with Crippen LogP contribution in [0.2, 0.25) is 0 Å². The van der Waals surface area contributed by atoms with Crippen molar-refractivity contribution in [3.8, 4) is 5.75 Å². The highest BCUT2D eigenvalue weighted by molar-refractivity contribution is 5.49. The number of rotatable bonds is 9. The summed E-state index contributed by atoms with van der Waals surface area (Å²) >= 11 is 0. The molecule has 0 amide bonds. The van der Waals surface area contributed by atoms with Gasteiger partial charge in [0.05, 0.1) is 6.61 Å². The molecule has 1 aromatic rings. The van der Waals surface area contributed by atoms with Gasteiger partial charge in [-0.3, -0.25) is 0 Å². The molecule has 0 aliphatic heterocycles. The Morgan fingerprint density at radius 2 is 2.21 bits per heavy atom. The van der Waals surface area contributed by atoms with Crippen LogP contribution in [0.4, 0.5) is 5.82 Å². The molecule has 0 aliphatic rings. The number of anilines is 1. The molecular formula is C15H27N3O. The molecule has 0 spiro atoms. The van der Waals surface area contributed by atoms with Gasteiger partial charge in [-0.15, -0.1) is 0 Å². The normalized spacial score (nSPS) is 11.1. The number of pyridine rings is 1. The summed E-state index contributed by atoms with van der Waals surface area (Å²) in [6, 6.07) is 4.46. The average molecular weight is 265 g/mol. The number of nitrogens with zero attached hydrogens (tertiary/aromatic N) is 2. The van der Waals surface area contributed by atoms with Crippen LogP contribution in [0.25, 0.3) is 0 Å². The van der Waals surface area contributed by atoms with Crippen LogP contribution in [0.5, 0.6) is 5.75 Å². The Bertz CT molecular complexity index is 355. The maximum Gasteiger partial charge on any atom is 0.168 e. The molecule has 1 rings (SSSR count).